The van der Waals surface area contributed by atoms with Gasteiger partial charge >= 0.3 is 0 Å². The Hall–Kier alpha value is -2.89. The summed E-state index contributed by atoms with van der Waals surface area (Å²) in [6.07, 6.45) is 1.99. The molecule has 0 radical (unpaired) electrons. The highest BCUT2D eigenvalue weighted by Gasteiger charge is 2.11. The van der Waals surface area contributed by atoms with E-state index in [-0.39, 0.29) is 0 Å². The molecule has 6 heteroatoms. The summed E-state index contributed by atoms with van der Waals surface area (Å²) in [4.78, 5) is 6.45. The highest BCUT2D eigenvalue weighted by molar-refractivity contribution is 5.79. The smallest absolute Gasteiger partial charge is 0.193 e. The highest BCUT2D eigenvalue weighted by Crippen LogP contribution is 2.25. The minimum atomic E-state index is 0.684. The minimum Gasteiger partial charge on any atom is -0.497 e. The van der Waals surface area contributed by atoms with Gasteiger partial charge in [-0.25, -0.2) is 0 Å². The Balaban J connectivity index is 1.75. The first kappa shape index (κ1) is 21.4. The lowest BCUT2D eigenvalue weighted by Crippen LogP contribution is -2.39. The van der Waals surface area contributed by atoms with E-state index in [2.05, 4.69) is 15.2 Å². The molecule has 28 heavy (non-hydrogen) atoms. The molecule has 2 aromatic rings. The molecule has 6 nitrogen and oxygen atoms in total. The number of ether oxygens (including phenoxy) is 3. The molecule has 2 rings (SSSR count). The van der Waals surface area contributed by atoms with E-state index in [0.717, 1.165) is 48.2 Å². The number of rotatable bonds is 10. The van der Waals surface area contributed by atoms with Crippen LogP contribution in [0.5, 0.6) is 17.2 Å². The van der Waals surface area contributed by atoms with Crippen molar-refractivity contribution in [1.29, 1.82) is 0 Å². The molecule has 0 aromatic heterocycles. The van der Waals surface area contributed by atoms with E-state index in [0.29, 0.717) is 13.2 Å². The van der Waals surface area contributed by atoms with Crippen LogP contribution in [0.3, 0.4) is 0 Å². The van der Waals surface area contributed by atoms with Gasteiger partial charge in [-0.1, -0.05) is 18.2 Å². The zero-order valence-corrected chi connectivity index (χ0v) is 17.3. The van der Waals surface area contributed by atoms with Gasteiger partial charge in [-0.05, 0) is 37.1 Å². The third-order valence-corrected chi connectivity index (χ3v) is 4.34. The third kappa shape index (κ3) is 6.68. The van der Waals surface area contributed by atoms with E-state index < -0.39 is 0 Å². The first-order valence-corrected chi connectivity index (χ1v) is 9.48. The van der Waals surface area contributed by atoms with Crippen molar-refractivity contribution in [2.75, 3.05) is 41.5 Å². The number of guanidine groups is 1. The van der Waals surface area contributed by atoms with Crippen molar-refractivity contribution in [1.82, 2.24) is 10.2 Å². The van der Waals surface area contributed by atoms with E-state index in [9.17, 15) is 0 Å². The standard InChI is InChI=1S/C22H31N3O3/c1-23-22(24-14-8-9-15-28-19-10-6-5-7-11-19)25(2)17-18-12-13-20(26-3)16-21(18)27-4/h5-7,10-13,16H,8-9,14-15,17H2,1-4H3,(H,23,24). The molecule has 2 aromatic carbocycles. The zero-order valence-electron chi connectivity index (χ0n) is 17.3. The number of nitrogens with zero attached hydrogens (tertiary/aromatic N) is 2. The molecular weight excluding hydrogens is 354 g/mol. The summed E-state index contributed by atoms with van der Waals surface area (Å²) in [6, 6.07) is 15.7. The monoisotopic (exact) mass is 385 g/mol. The van der Waals surface area contributed by atoms with Gasteiger partial charge in [0, 0.05) is 38.8 Å². The van der Waals surface area contributed by atoms with Crippen LogP contribution in [0.15, 0.2) is 53.5 Å². The van der Waals surface area contributed by atoms with Gasteiger partial charge in [0.05, 0.1) is 20.8 Å². The second-order valence-electron chi connectivity index (χ2n) is 6.38. The number of para-hydroxylation sites is 1. The summed E-state index contributed by atoms with van der Waals surface area (Å²) in [5.74, 6) is 3.35. The zero-order chi connectivity index (χ0) is 20.2. The Bertz CT molecular complexity index is 735. The second-order valence-corrected chi connectivity index (χ2v) is 6.38. The average Bonchev–Trinajstić information content (AvgIpc) is 2.74. The van der Waals surface area contributed by atoms with Crippen LogP contribution in [0.2, 0.25) is 0 Å². The molecule has 1 N–H and O–H groups in total. The van der Waals surface area contributed by atoms with Crippen LogP contribution in [0.4, 0.5) is 0 Å². The van der Waals surface area contributed by atoms with Crippen LogP contribution in [0, 0.1) is 0 Å². The number of hydrogen-bond acceptors (Lipinski definition) is 4. The summed E-state index contributed by atoms with van der Waals surface area (Å²) in [6.45, 7) is 2.24. The Kier molecular flexibility index (Phi) is 8.98. The summed E-state index contributed by atoms with van der Waals surface area (Å²) < 4.78 is 16.5. The van der Waals surface area contributed by atoms with Crippen molar-refractivity contribution in [2.24, 2.45) is 4.99 Å². The van der Waals surface area contributed by atoms with E-state index in [4.69, 9.17) is 14.2 Å². The van der Waals surface area contributed by atoms with Gasteiger partial charge in [0.1, 0.15) is 17.2 Å². The maximum absolute atomic E-state index is 5.72. The highest BCUT2D eigenvalue weighted by atomic mass is 16.5. The van der Waals surface area contributed by atoms with Gasteiger partial charge in [-0.2, -0.15) is 0 Å². The number of hydrogen-bond donors (Lipinski definition) is 1. The average molecular weight is 386 g/mol. The first-order chi connectivity index (χ1) is 13.7. The maximum Gasteiger partial charge on any atom is 0.193 e. The van der Waals surface area contributed by atoms with Gasteiger partial charge in [0.2, 0.25) is 0 Å². The molecule has 0 amide bonds. The lowest BCUT2D eigenvalue weighted by molar-refractivity contribution is 0.306. The maximum atomic E-state index is 5.72. The van der Waals surface area contributed by atoms with Crippen molar-refractivity contribution in [2.45, 2.75) is 19.4 Å². The van der Waals surface area contributed by atoms with Crippen LogP contribution < -0.4 is 19.5 Å². The van der Waals surface area contributed by atoms with Crippen LogP contribution in [-0.4, -0.2) is 52.3 Å². The second kappa shape index (κ2) is 11.7. The number of aliphatic imine (C=N–C) groups is 1. The molecule has 0 saturated heterocycles. The summed E-state index contributed by atoms with van der Waals surface area (Å²) in [5, 5.41) is 3.40. The lowest BCUT2D eigenvalue weighted by atomic mass is 10.2. The molecule has 0 atom stereocenters. The molecule has 0 fully saturated rings. The molecule has 0 bridgehead atoms. The van der Waals surface area contributed by atoms with E-state index in [1.807, 2.05) is 55.6 Å². The number of nitrogens with one attached hydrogen (secondary N) is 1. The molecule has 0 aliphatic rings. The number of methoxy groups -OCH3 is 2. The van der Waals surface area contributed by atoms with Crippen molar-refractivity contribution < 1.29 is 14.2 Å². The Morgan fingerprint density at radius 2 is 1.79 bits per heavy atom. The number of unbranched alkanes of at least 4 members (excludes halogenated alkanes) is 1. The van der Waals surface area contributed by atoms with E-state index >= 15 is 0 Å². The third-order valence-electron chi connectivity index (χ3n) is 4.34. The fourth-order valence-electron chi connectivity index (χ4n) is 2.83. The quantitative estimate of drug-likeness (QED) is 0.385. The predicted molar refractivity (Wildman–Crippen MR) is 114 cm³/mol. The Morgan fingerprint density at radius 3 is 2.46 bits per heavy atom. The normalized spacial score (nSPS) is 11.1. The largest absolute Gasteiger partial charge is 0.497 e. The van der Waals surface area contributed by atoms with Crippen molar-refractivity contribution in [3.8, 4) is 17.2 Å². The lowest BCUT2D eigenvalue weighted by Gasteiger charge is -2.23. The van der Waals surface area contributed by atoms with Gasteiger partial charge < -0.3 is 24.4 Å². The Labute approximate surface area is 168 Å². The molecule has 0 saturated carbocycles. The fourth-order valence-corrected chi connectivity index (χ4v) is 2.83. The molecule has 0 aliphatic carbocycles. The molecular formula is C22H31N3O3. The molecule has 0 heterocycles. The first-order valence-electron chi connectivity index (χ1n) is 9.48. The van der Waals surface area contributed by atoms with Crippen LogP contribution in [0.1, 0.15) is 18.4 Å². The molecule has 0 unspecified atom stereocenters. The van der Waals surface area contributed by atoms with Crippen LogP contribution in [0.25, 0.3) is 0 Å². The SMILES string of the molecule is CN=C(NCCCCOc1ccccc1)N(C)Cc1ccc(OC)cc1OC. The van der Waals surface area contributed by atoms with Crippen molar-refractivity contribution >= 4 is 5.96 Å². The minimum absolute atomic E-state index is 0.684. The molecule has 0 aliphatic heterocycles. The summed E-state index contributed by atoms with van der Waals surface area (Å²) in [5.41, 5.74) is 1.07. The van der Waals surface area contributed by atoms with E-state index in [1.54, 1.807) is 21.3 Å². The predicted octanol–water partition coefficient (Wildman–Crippen LogP) is 3.57. The molecule has 152 valence electrons. The van der Waals surface area contributed by atoms with Crippen molar-refractivity contribution in [3.05, 3.63) is 54.1 Å². The fraction of sp³-hybridized carbons (Fsp3) is 0.409. The summed E-state index contributed by atoms with van der Waals surface area (Å²) in [7, 11) is 7.13. The van der Waals surface area contributed by atoms with Gasteiger partial charge in [-0.15, -0.1) is 0 Å². The number of benzene rings is 2. The van der Waals surface area contributed by atoms with Crippen LogP contribution >= 0.6 is 0 Å². The van der Waals surface area contributed by atoms with Gasteiger partial charge in [0.15, 0.2) is 5.96 Å². The van der Waals surface area contributed by atoms with E-state index in [1.165, 1.54) is 0 Å². The molecule has 0 spiro atoms. The topological polar surface area (TPSA) is 55.3 Å². The summed E-state index contributed by atoms with van der Waals surface area (Å²) >= 11 is 0. The van der Waals surface area contributed by atoms with Gasteiger partial charge in [-0.3, -0.25) is 4.99 Å². The van der Waals surface area contributed by atoms with Gasteiger partial charge in [0.25, 0.3) is 0 Å². The Morgan fingerprint density at radius 1 is 1.00 bits per heavy atom. The van der Waals surface area contributed by atoms with Crippen molar-refractivity contribution in [3.63, 3.8) is 0 Å². The van der Waals surface area contributed by atoms with Crippen LogP contribution in [-0.2, 0) is 6.54 Å².